The molecule has 2 saturated heterocycles. The summed E-state index contributed by atoms with van der Waals surface area (Å²) in [7, 11) is 0. The number of nitrogens with zero attached hydrogens (tertiary/aromatic N) is 1. The van der Waals surface area contributed by atoms with Crippen molar-refractivity contribution in [2.45, 2.75) is 76.4 Å². The summed E-state index contributed by atoms with van der Waals surface area (Å²) < 4.78 is 12.6. The first-order chi connectivity index (χ1) is 9.04. The number of hydrogen-bond donors (Lipinski definition) is 0. The first-order valence-corrected chi connectivity index (χ1v) is 7.43. The van der Waals surface area contributed by atoms with Crippen LogP contribution in [-0.4, -0.2) is 30.0 Å². The highest BCUT2D eigenvalue weighted by molar-refractivity contribution is 5.25. The van der Waals surface area contributed by atoms with Crippen molar-refractivity contribution in [2.24, 2.45) is 5.92 Å². The van der Waals surface area contributed by atoms with Gasteiger partial charge in [0.1, 0.15) is 5.60 Å². The van der Waals surface area contributed by atoms with Gasteiger partial charge in [-0.3, -0.25) is 0 Å². The molecule has 1 unspecified atom stereocenters. The summed E-state index contributed by atoms with van der Waals surface area (Å²) in [4.78, 5) is 3.60. The molecule has 1 spiro atoms. The van der Waals surface area contributed by atoms with Crippen LogP contribution in [-0.2, 0) is 9.47 Å². The van der Waals surface area contributed by atoms with Crippen LogP contribution in [0.2, 0.25) is 0 Å². The van der Waals surface area contributed by atoms with Gasteiger partial charge in [-0.1, -0.05) is 18.6 Å². The summed E-state index contributed by atoms with van der Waals surface area (Å²) in [6.45, 7) is 13.5. The Morgan fingerprint density at radius 1 is 1.53 bits per heavy atom. The lowest BCUT2D eigenvalue weighted by atomic mass is 9.77. The topological polar surface area (TPSA) is 22.8 Å². The van der Waals surface area contributed by atoms with E-state index in [1.165, 1.54) is 5.57 Å². The average Bonchev–Trinajstić information content (AvgIpc) is 2.70. The summed E-state index contributed by atoms with van der Waals surface area (Å²) in [5.74, 6) is 0.514. The van der Waals surface area contributed by atoms with Gasteiger partial charge in [-0.15, -0.1) is 0 Å². The molecule has 0 N–H and O–H groups in total. The third kappa shape index (κ3) is 2.11. The molecule has 2 bridgehead atoms. The fourth-order valence-corrected chi connectivity index (χ4v) is 3.85. The van der Waals surface area contributed by atoms with Gasteiger partial charge < -0.3 is 14.3 Å². The molecule has 0 aromatic rings. The molecule has 3 rings (SSSR count). The highest BCUT2D eigenvalue weighted by Crippen LogP contribution is 2.49. The summed E-state index contributed by atoms with van der Waals surface area (Å²) in [6, 6.07) is 0.0589. The summed E-state index contributed by atoms with van der Waals surface area (Å²) >= 11 is 0. The summed E-state index contributed by atoms with van der Waals surface area (Å²) in [5, 5.41) is 0. The van der Waals surface area contributed by atoms with Crippen LogP contribution >= 0.6 is 0 Å². The van der Waals surface area contributed by atoms with Crippen molar-refractivity contribution in [3.63, 3.8) is 0 Å². The van der Waals surface area contributed by atoms with Crippen molar-refractivity contribution >= 4 is 0 Å². The van der Waals surface area contributed by atoms with Gasteiger partial charge in [0, 0.05) is 25.7 Å². The smallest absolute Gasteiger partial charge is 0.223 e. The van der Waals surface area contributed by atoms with Gasteiger partial charge in [0.15, 0.2) is 0 Å². The van der Waals surface area contributed by atoms with Gasteiger partial charge in [0.2, 0.25) is 6.04 Å². The molecule has 3 aliphatic rings. The zero-order chi connectivity index (χ0) is 13.6. The van der Waals surface area contributed by atoms with Gasteiger partial charge >= 0.3 is 0 Å². The lowest BCUT2D eigenvalue weighted by Gasteiger charge is -2.41. The fraction of sp³-hybridized carbons (Fsp3) is 0.812. The van der Waals surface area contributed by atoms with E-state index in [9.17, 15) is 0 Å². The van der Waals surface area contributed by atoms with Gasteiger partial charge in [0.05, 0.1) is 18.3 Å². The fourth-order valence-electron chi connectivity index (χ4n) is 3.85. The van der Waals surface area contributed by atoms with Crippen molar-refractivity contribution in [2.75, 3.05) is 0 Å². The minimum Gasteiger partial charge on any atom is -0.371 e. The molecule has 6 atom stereocenters. The van der Waals surface area contributed by atoms with Crippen LogP contribution in [0.1, 0.15) is 46.5 Å². The molecule has 2 heterocycles. The summed E-state index contributed by atoms with van der Waals surface area (Å²) in [6.07, 6.45) is 7.05. The third-order valence-electron chi connectivity index (χ3n) is 5.11. The lowest BCUT2D eigenvalue weighted by Crippen LogP contribution is -2.48. The second-order valence-corrected chi connectivity index (χ2v) is 6.53. The van der Waals surface area contributed by atoms with E-state index in [-0.39, 0.29) is 23.9 Å². The Hall–Kier alpha value is -0.850. The molecule has 19 heavy (non-hydrogen) atoms. The largest absolute Gasteiger partial charge is 0.371 e. The predicted octanol–water partition coefficient (Wildman–Crippen LogP) is 3.36. The van der Waals surface area contributed by atoms with Crippen LogP contribution in [0.5, 0.6) is 0 Å². The van der Waals surface area contributed by atoms with Crippen LogP contribution in [0.15, 0.2) is 11.6 Å². The maximum atomic E-state index is 7.10. The Morgan fingerprint density at radius 3 is 3.05 bits per heavy atom. The van der Waals surface area contributed by atoms with E-state index in [0.29, 0.717) is 12.0 Å². The number of hydrogen-bond acceptors (Lipinski definition) is 2. The van der Waals surface area contributed by atoms with Crippen LogP contribution in [0, 0.1) is 12.5 Å². The SMILES string of the molecule is [C-]#[N+][C@H](C)C[C@H]1CC[C@@H]2O[C@@H]3C[C@]2(C=C(C)C3C)O1. The molecule has 2 fully saturated rings. The second-order valence-electron chi connectivity index (χ2n) is 6.53. The molecule has 0 aromatic heterocycles. The van der Waals surface area contributed by atoms with Crippen molar-refractivity contribution in [1.82, 2.24) is 0 Å². The molecule has 3 heteroatoms. The first kappa shape index (κ1) is 13.1. The van der Waals surface area contributed by atoms with Crippen molar-refractivity contribution in [1.29, 1.82) is 0 Å². The molecule has 3 nitrogen and oxygen atoms in total. The molecule has 0 aromatic carbocycles. The summed E-state index contributed by atoms with van der Waals surface area (Å²) in [5.41, 5.74) is 1.21. The normalized spacial score (nSPS) is 46.1. The highest BCUT2D eigenvalue weighted by atomic mass is 16.6. The molecule has 2 aliphatic heterocycles. The molecule has 104 valence electrons. The molecular formula is C16H23NO2. The van der Waals surface area contributed by atoms with Gasteiger partial charge in [0.25, 0.3) is 0 Å². The third-order valence-corrected chi connectivity index (χ3v) is 5.11. The second kappa shape index (κ2) is 4.61. The van der Waals surface area contributed by atoms with Crippen molar-refractivity contribution in [3.05, 3.63) is 23.1 Å². The Labute approximate surface area is 115 Å². The molecule has 0 amide bonds. The Balaban J connectivity index is 1.79. The average molecular weight is 261 g/mol. The van der Waals surface area contributed by atoms with Gasteiger partial charge in [-0.25, -0.2) is 6.57 Å². The quantitative estimate of drug-likeness (QED) is 0.562. The number of ether oxygens (including phenoxy) is 2. The van der Waals surface area contributed by atoms with Gasteiger partial charge in [-0.05, 0) is 19.8 Å². The lowest BCUT2D eigenvalue weighted by molar-refractivity contribution is -0.141. The van der Waals surface area contributed by atoms with E-state index in [4.69, 9.17) is 16.0 Å². The van der Waals surface area contributed by atoms with E-state index in [1.807, 2.05) is 6.92 Å². The highest BCUT2D eigenvalue weighted by Gasteiger charge is 2.55. The van der Waals surface area contributed by atoms with Crippen molar-refractivity contribution < 1.29 is 9.47 Å². The van der Waals surface area contributed by atoms with Gasteiger partial charge in [-0.2, -0.15) is 0 Å². The van der Waals surface area contributed by atoms with E-state index in [2.05, 4.69) is 24.8 Å². The number of fused-ring (bicyclic) bond motifs is 1. The molecular weight excluding hydrogens is 238 g/mol. The maximum absolute atomic E-state index is 7.10. The Kier molecular flexibility index (Phi) is 3.19. The Morgan fingerprint density at radius 2 is 2.32 bits per heavy atom. The number of rotatable bonds is 2. The van der Waals surface area contributed by atoms with Crippen LogP contribution in [0.4, 0.5) is 0 Å². The Bertz CT molecular complexity index is 439. The van der Waals surface area contributed by atoms with E-state index < -0.39 is 0 Å². The first-order valence-electron chi connectivity index (χ1n) is 7.43. The minimum atomic E-state index is -0.189. The van der Waals surface area contributed by atoms with Crippen molar-refractivity contribution in [3.8, 4) is 0 Å². The molecule has 0 radical (unpaired) electrons. The zero-order valence-corrected chi connectivity index (χ0v) is 12.1. The minimum absolute atomic E-state index is 0.0589. The maximum Gasteiger partial charge on any atom is 0.223 e. The van der Waals surface area contributed by atoms with E-state index >= 15 is 0 Å². The van der Waals surface area contributed by atoms with Crippen LogP contribution in [0.25, 0.3) is 4.85 Å². The monoisotopic (exact) mass is 261 g/mol. The zero-order valence-electron chi connectivity index (χ0n) is 12.1. The van der Waals surface area contributed by atoms with E-state index in [0.717, 1.165) is 25.7 Å². The standard InChI is InChI=1S/C16H23NO2/c1-10-8-16-9-14(12(10)3)18-15(16)6-5-13(19-16)7-11(2)17-4/h8,11-15H,5-7,9H2,1-3H3/t11-,12?,13-,14-,15+,16+/m1/s1. The molecule has 0 saturated carbocycles. The van der Waals surface area contributed by atoms with E-state index in [1.54, 1.807) is 0 Å². The van der Waals surface area contributed by atoms with Crippen LogP contribution < -0.4 is 0 Å². The van der Waals surface area contributed by atoms with Crippen LogP contribution in [0.3, 0.4) is 0 Å². The predicted molar refractivity (Wildman–Crippen MR) is 73.7 cm³/mol. The molecule has 1 aliphatic carbocycles.